The number of nitrogens with zero attached hydrogens (tertiary/aromatic N) is 1. The van der Waals surface area contributed by atoms with Gasteiger partial charge in [0.2, 0.25) is 11.6 Å². The lowest BCUT2D eigenvalue weighted by Gasteiger charge is -2.46. The van der Waals surface area contributed by atoms with E-state index < -0.39 is 47.7 Å². The highest BCUT2D eigenvalue weighted by molar-refractivity contribution is 6.39. The molecule has 0 bridgehead atoms. The second kappa shape index (κ2) is 29.3. The fourth-order valence-corrected chi connectivity index (χ4v) is 10.0. The molecule has 12 nitrogen and oxygen atoms in total. The Kier molecular flexibility index (Phi) is 23.0. The minimum atomic E-state index is -1.12. The highest BCUT2D eigenvalue weighted by Gasteiger charge is 2.43. The molecule has 388 valence electrons. The van der Waals surface area contributed by atoms with E-state index in [-0.39, 0.29) is 22.9 Å². The van der Waals surface area contributed by atoms with Crippen LogP contribution >= 0.6 is 0 Å². The molecule has 0 aliphatic heterocycles. The molecule has 6 rings (SSSR count). The van der Waals surface area contributed by atoms with Gasteiger partial charge in [-0.25, -0.2) is 9.59 Å². The van der Waals surface area contributed by atoms with Crippen molar-refractivity contribution < 1.29 is 38.6 Å². The van der Waals surface area contributed by atoms with Gasteiger partial charge in [0.1, 0.15) is 12.1 Å². The number of Topliss-reactive ketones (excluding diaryl/α,β-unsaturated/α-hetero) is 2. The zero-order valence-corrected chi connectivity index (χ0v) is 43.3. The van der Waals surface area contributed by atoms with Crippen molar-refractivity contribution in [3.05, 3.63) is 144 Å². The van der Waals surface area contributed by atoms with Crippen LogP contribution in [0.4, 0.5) is 9.59 Å². The third kappa shape index (κ3) is 17.8. The van der Waals surface area contributed by atoms with Gasteiger partial charge in [-0.05, 0) is 119 Å². The van der Waals surface area contributed by atoms with Crippen LogP contribution in [0, 0.1) is 10.8 Å². The molecule has 4 amide bonds. The molecular formula is C60H80N4O8. The molecule has 1 unspecified atom stereocenters. The number of carboxylic acid groups (broad SMARTS) is 1. The number of ether oxygens (including phenoxy) is 1. The SMILES string of the molecule is CCCCC(C(=O)C(=O)N[C@H](C)c1ccccc1)N(CC1(CCCc2ccccc2)CCC1)C(=O)O.CCCC[C@H](NC(=O)OCC1(CCCc2ccccc2)CCC1)C(=O)C(=O)N[C@H](C)c1ccccc1. The molecular weight excluding hydrogens is 905 g/mol. The Morgan fingerprint density at radius 1 is 0.569 bits per heavy atom. The molecule has 4 N–H and O–H groups in total. The average Bonchev–Trinajstić information content (AvgIpc) is 3.37. The fourth-order valence-electron chi connectivity index (χ4n) is 10.0. The summed E-state index contributed by atoms with van der Waals surface area (Å²) in [6, 6.07) is 37.1. The highest BCUT2D eigenvalue weighted by Crippen LogP contribution is 2.47. The van der Waals surface area contributed by atoms with Crippen LogP contribution in [-0.2, 0) is 36.8 Å². The summed E-state index contributed by atoms with van der Waals surface area (Å²) in [6.07, 6.45) is 14.2. The summed E-state index contributed by atoms with van der Waals surface area (Å²) in [5, 5.41) is 18.4. The molecule has 0 heterocycles. The van der Waals surface area contributed by atoms with Crippen LogP contribution in [0.15, 0.2) is 121 Å². The van der Waals surface area contributed by atoms with Gasteiger partial charge in [-0.1, -0.05) is 174 Å². The quantitative estimate of drug-likeness (QED) is 0.0407. The number of benzene rings is 4. The van der Waals surface area contributed by atoms with Crippen molar-refractivity contribution >= 4 is 35.6 Å². The molecule has 2 saturated carbocycles. The van der Waals surface area contributed by atoms with Gasteiger partial charge in [-0.15, -0.1) is 0 Å². The number of aryl methyl sites for hydroxylation is 2. The molecule has 4 aromatic carbocycles. The largest absolute Gasteiger partial charge is 0.465 e. The third-order valence-corrected chi connectivity index (χ3v) is 14.8. The Bertz CT molecular complexity index is 2280. The van der Waals surface area contributed by atoms with E-state index in [1.165, 1.54) is 16.0 Å². The summed E-state index contributed by atoms with van der Waals surface area (Å²) in [4.78, 5) is 78.2. The van der Waals surface area contributed by atoms with E-state index >= 15 is 0 Å². The van der Waals surface area contributed by atoms with Gasteiger partial charge < -0.3 is 25.8 Å². The molecule has 4 atom stereocenters. The average molecular weight is 985 g/mol. The molecule has 0 aromatic heterocycles. The Labute approximate surface area is 428 Å². The number of rotatable bonds is 28. The summed E-state index contributed by atoms with van der Waals surface area (Å²) in [6.45, 7) is 8.32. The number of nitrogens with one attached hydrogen (secondary N) is 3. The zero-order chi connectivity index (χ0) is 51.8. The van der Waals surface area contributed by atoms with Crippen LogP contribution in [0.1, 0.15) is 165 Å². The number of carbonyl (C=O) groups excluding carboxylic acids is 5. The molecule has 2 fully saturated rings. The molecule has 72 heavy (non-hydrogen) atoms. The van der Waals surface area contributed by atoms with E-state index in [0.717, 1.165) is 107 Å². The number of unbranched alkanes of at least 4 members (excludes halogenated alkanes) is 2. The molecule has 0 radical (unpaired) electrons. The van der Waals surface area contributed by atoms with Gasteiger partial charge in [0, 0.05) is 12.0 Å². The van der Waals surface area contributed by atoms with Gasteiger partial charge >= 0.3 is 12.2 Å². The first kappa shape index (κ1) is 56.6. The monoisotopic (exact) mass is 985 g/mol. The first-order valence-corrected chi connectivity index (χ1v) is 26.6. The maximum Gasteiger partial charge on any atom is 0.407 e. The minimum absolute atomic E-state index is 0.0253. The van der Waals surface area contributed by atoms with Gasteiger partial charge in [0.15, 0.2) is 0 Å². The summed E-state index contributed by atoms with van der Waals surface area (Å²) < 4.78 is 5.61. The lowest BCUT2D eigenvalue weighted by atomic mass is 9.65. The highest BCUT2D eigenvalue weighted by atomic mass is 16.5. The minimum Gasteiger partial charge on any atom is -0.465 e. The van der Waals surface area contributed by atoms with E-state index in [9.17, 15) is 33.9 Å². The topological polar surface area (TPSA) is 171 Å². The predicted octanol–water partition coefficient (Wildman–Crippen LogP) is 12.1. The summed E-state index contributed by atoms with van der Waals surface area (Å²) in [5.41, 5.74) is 4.31. The lowest BCUT2D eigenvalue weighted by Crippen LogP contribution is -2.54. The van der Waals surface area contributed by atoms with E-state index in [1.807, 2.05) is 113 Å². The first-order valence-electron chi connectivity index (χ1n) is 26.6. The number of hydrogen-bond donors (Lipinski definition) is 4. The molecule has 4 aromatic rings. The summed E-state index contributed by atoms with van der Waals surface area (Å²) in [7, 11) is 0. The van der Waals surface area contributed by atoms with Crippen molar-refractivity contribution in [2.75, 3.05) is 13.2 Å². The standard InChI is InChI=1S/2C30H40N2O4/c1-3-4-18-26(27(33)28(34)31-23(2)25-16-9-6-10-17-25)32-29(35)36-22-30(20-12-21-30)19-11-15-24-13-7-5-8-14-24;1-3-4-18-26(27(33)28(34)31-23(2)25-16-9-6-10-17-25)32(29(35)36)22-30(20-12-21-30)19-11-15-24-13-7-5-8-14-24/h5-10,13-14,16-17,23,26H,3-4,11-12,15,18-22H2,1-2H3,(H,31,34)(H,32,35);5-10,13-14,16-17,23,26H,3-4,11-12,15,18-22H2,1-2H3,(H,31,34)(H,35,36)/t23-,26+;23-,26?/m11/s1. The number of ketones is 2. The number of alkyl carbamates (subject to hydrolysis) is 1. The van der Waals surface area contributed by atoms with Gasteiger partial charge in [0.05, 0.1) is 18.7 Å². The number of carbonyl (C=O) groups is 6. The maximum atomic E-state index is 13.3. The van der Waals surface area contributed by atoms with Gasteiger partial charge in [0.25, 0.3) is 11.8 Å². The Balaban J connectivity index is 0.000000267. The van der Waals surface area contributed by atoms with Crippen molar-refractivity contribution in [1.82, 2.24) is 20.9 Å². The zero-order valence-electron chi connectivity index (χ0n) is 43.3. The number of hydrogen-bond acceptors (Lipinski definition) is 7. The van der Waals surface area contributed by atoms with E-state index in [0.29, 0.717) is 32.4 Å². The fraction of sp³-hybridized carbons (Fsp3) is 0.500. The summed E-state index contributed by atoms with van der Waals surface area (Å²) in [5.74, 6) is -2.70. The normalized spacial score (nSPS) is 15.8. The molecule has 12 heteroatoms. The van der Waals surface area contributed by atoms with Crippen LogP contribution in [0.3, 0.4) is 0 Å². The van der Waals surface area contributed by atoms with Crippen LogP contribution < -0.4 is 16.0 Å². The summed E-state index contributed by atoms with van der Waals surface area (Å²) >= 11 is 0. The molecule has 0 saturated heterocycles. The molecule has 2 aliphatic rings. The van der Waals surface area contributed by atoms with Crippen molar-refractivity contribution in [1.29, 1.82) is 0 Å². The maximum absolute atomic E-state index is 13.3. The lowest BCUT2D eigenvalue weighted by molar-refractivity contribution is -0.141. The van der Waals surface area contributed by atoms with Crippen LogP contribution in [0.5, 0.6) is 0 Å². The van der Waals surface area contributed by atoms with Crippen LogP contribution in [0.25, 0.3) is 0 Å². The Hall–Kier alpha value is -6.30. The Morgan fingerprint density at radius 2 is 1.00 bits per heavy atom. The van der Waals surface area contributed by atoms with Crippen molar-refractivity contribution in [2.24, 2.45) is 10.8 Å². The van der Waals surface area contributed by atoms with Gasteiger partial charge in [-0.2, -0.15) is 0 Å². The Morgan fingerprint density at radius 3 is 1.43 bits per heavy atom. The molecule has 2 aliphatic carbocycles. The van der Waals surface area contributed by atoms with Crippen molar-refractivity contribution in [2.45, 2.75) is 167 Å². The van der Waals surface area contributed by atoms with Crippen molar-refractivity contribution in [3.8, 4) is 0 Å². The molecule has 0 spiro atoms. The second-order valence-corrected chi connectivity index (χ2v) is 20.3. The van der Waals surface area contributed by atoms with E-state index in [2.05, 4.69) is 52.3 Å². The second-order valence-electron chi connectivity index (χ2n) is 20.3. The van der Waals surface area contributed by atoms with Gasteiger partial charge in [-0.3, -0.25) is 24.1 Å². The van der Waals surface area contributed by atoms with Crippen LogP contribution in [0.2, 0.25) is 0 Å². The smallest absolute Gasteiger partial charge is 0.407 e. The van der Waals surface area contributed by atoms with Crippen molar-refractivity contribution in [3.63, 3.8) is 0 Å². The van der Waals surface area contributed by atoms with Crippen LogP contribution in [-0.4, -0.2) is 70.8 Å². The number of amides is 4. The van der Waals surface area contributed by atoms with E-state index in [1.54, 1.807) is 0 Å². The third-order valence-electron chi connectivity index (χ3n) is 14.8. The first-order chi connectivity index (χ1) is 34.8. The predicted molar refractivity (Wildman–Crippen MR) is 283 cm³/mol. The van der Waals surface area contributed by atoms with E-state index in [4.69, 9.17) is 4.74 Å².